The first kappa shape index (κ1) is 30.4. The zero-order valence-electron chi connectivity index (χ0n) is 23.4. The van der Waals surface area contributed by atoms with Gasteiger partial charge in [-0.25, -0.2) is 18.6 Å². The van der Waals surface area contributed by atoms with Gasteiger partial charge in [-0.3, -0.25) is 19.5 Å². The summed E-state index contributed by atoms with van der Waals surface area (Å²) in [6, 6.07) is 13.1. The zero-order valence-corrected chi connectivity index (χ0v) is 24.2. The number of nitrogens with one attached hydrogen (secondary N) is 2. The van der Waals surface area contributed by atoms with Crippen LogP contribution in [0.25, 0.3) is 5.69 Å². The van der Waals surface area contributed by atoms with E-state index in [0.717, 1.165) is 11.6 Å². The average molecular weight is 620 g/mol. The summed E-state index contributed by atoms with van der Waals surface area (Å²) < 4.78 is 35.7. The Kier molecular flexibility index (Phi) is 9.36. The first-order chi connectivity index (χ1) is 21.2. The van der Waals surface area contributed by atoms with Gasteiger partial charge in [0, 0.05) is 43.3 Å². The number of ether oxygens (including phenoxy) is 1. The normalized spacial score (nSPS) is 12.2. The van der Waals surface area contributed by atoms with Gasteiger partial charge in [0.05, 0.1) is 11.6 Å². The second-order valence-electron chi connectivity index (χ2n) is 9.69. The van der Waals surface area contributed by atoms with Crippen molar-refractivity contribution in [3.05, 3.63) is 111 Å². The highest BCUT2D eigenvalue weighted by Gasteiger charge is 2.22. The molecule has 0 radical (unpaired) electrons. The molecule has 3 amide bonds. The van der Waals surface area contributed by atoms with E-state index >= 15 is 4.39 Å². The predicted octanol–water partition coefficient (Wildman–Crippen LogP) is 5.56. The molecule has 0 atom stereocenters. The van der Waals surface area contributed by atoms with Crippen molar-refractivity contribution in [1.82, 2.24) is 14.5 Å². The van der Waals surface area contributed by atoms with E-state index < -0.39 is 29.1 Å². The number of halogens is 2. The molecule has 1 aliphatic heterocycles. The van der Waals surface area contributed by atoms with Crippen molar-refractivity contribution < 1.29 is 28.2 Å². The fraction of sp³-hybridized carbons (Fsp3) is 0.161. The SMILES string of the molecule is CN(CCO)C(=O)Nc1cc(Oc2ccc(NC(=O)c3cc4c(n(-c5ccc(F)cc5)c3=O)SC=CCC4)cc2F)ccn1. The minimum absolute atomic E-state index is 0.0909. The Hall–Kier alpha value is -5.01. The van der Waals surface area contributed by atoms with Gasteiger partial charge in [-0.2, -0.15) is 0 Å². The lowest BCUT2D eigenvalue weighted by molar-refractivity contribution is 0.102. The van der Waals surface area contributed by atoms with E-state index in [-0.39, 0.29) is 41.7 Å². The minimum atomic E-state index is -0.791. The number of nitrogens with zero attached hydrogens (tertiary/aromatic N) is 3. The van der Waals surface area contributed by atoms with Crippen LogP contribution in [0.4, 0.5) is 25.1 Å². The summed E-state index contributed by atoms with van der Waals surface area (Å²) in [5.74, 6) is -1.79. The third-order valence-electron chi connectivity index (χ3n) is 6.58. The molecule has 1 aliphatic rings. The van der Waals surface area contributed by atoms with Crippen molar-refractivity contribution in [1.29, 1.82) is 0 Å². The fourth-order valence-electron chi connectivity index (χ4n) is 4.35. The van der Waals surface area contributed by atoms with Crippen LogP contribution in [0.15, 0.2) is 88.2 Å². The number of carbonyl (C=O) groups is 2. The number of anilines is 2. The molecule has 0 aliphatic carbocycles. The largest absolute Gasteiger partial charge is 0.454 e. The van der Waals surface area contributed by atoms with E-state index in [4.69, 9.17) is 9.84 Å². The molecule has 5 rings (SSSR count). The summed E-state index contributed by atoms with van der Waals surface area (Å²) in [5.41, 5.74) is 0.533. The summed E-state index contributed by atoms with van der Waals surface area (Å²) in [5, 5.41) is 16.6. The molecule has 3 heterocycles. The van der Waals surface area contributed by atoms with Crippen LogP contribution >= 0.6 is 11.8 Å². The fourth-order valence-corrected chi connectivity index (χ4v) is 5.32. The number of allylic oxidation sites excluding steroid dienone is 1. The molecule has 4 aromatic rings. The van der Waals surface area contributed by atoms with Gasteiger partial charge in [-0.1, -0.05) is 17.8 Å². The summed E-state index contributed by atoms with van der Waals surface area (Å²) >= 11 is 1.34. The highest BCUT2D eigenvalue weighted by molar-refractivity contribution is 8.02. The van der Waals surface area contributed by atoms with Crippen LogP contribution < -0.4 is 20.9 Å². The summed E-state index contributed by atoms with van der Waals surface area (Å²) in [7, 11) is 1.51. The van der Waals surface area contributed by atoms with Gasteiger partial charge >= 0.3 is 6.03 Å². The highest BCUT2D eigenvalue weighted by atomic mass is 32.2. The third-order valence-corrected chi connectivity index (χ3v) is 7.58. The predicted molar refractivity (Wildman–Crippen MR) is 163 cm³/mol. The zero-order chi connectivity index (χ0) is 31.2. The number of carbonyl (C=O) groups excluding carboxylic acids is 2. The van der Waals surface area contributed by atoms with E-state index in [2.05, 4.69) is 15.6 Å². The lowest BCUT2D eigenvalue weighted by atomic mass is 10.1. The number of pyridine rings is 2. The molecule has 3 N–H and O–H groups in total. The molecule has 0 saturated carbocycles. The Morgan fingerprint density at radius 2 is 1.89 bits per heavy atom. The van der Waals surface area contributed by atoms with Gasteiger partial charge in [0.15, 0.2) is 11.6 Å². The molecule has 0 saturated heterocycles. The molecule has 0 unspecified atom stereocenters. The van der Waals surface area contributed by atoms with Crippen molar-refractivity contribution in [3.63, 3.8) is 0 Å². The Balaban J connectivity index is 1.35. The number of amides is 3. The molecule has 13 heteroatoms. The molecular weight excluding hydrogens is 592 g/mol. The Labute approximate surface area is 255 Å². The average Bonchev–Trinajstić information content (AvgIpc) is 3.24. The number of aryl methyl sites for hydroxylation is 1. The maximum Gasteiger partial charge on any atom is 0.322 e. The molecule has 2 aromatic carbocycles. The number of aromatic nitrogens is 2. The van der Waals surface area contributed by atoms with E-state index in [0.29, 0.717) is 23.6 Å². The Morgan fingerprint density at radius 3 is 2.64 bits per heavy atom. The van der Waals surface area contributed by atoms with Crippen molar-refractivity contribution >= 4 is 35.2 Å². The molecule has 0 fully saturated rings. The molecular formula is C31H27F2N5O5S. The molecule has 2 aromatic heterocycles. The number of aliphatic hydroxyl groups is 1. The summed E-state index contributed by atoms with van der Waals surface area (Å²) in [6.07, 6.45) is 4.64. The first-order valence-electron chi connectivity index (χ1n) is 13.5. The minimum Gasteiger partial charge on any atom is -0.454 e. The first-order valence-corrected chi connectivity index (χ1v) is 14.4. The van der Waals surface area contributed by atoms with Crippen molar-refractivity contribution in [2.75, 3.05) is 30.8 Å². The number of likely N-dealkylation sites (N-methyl/N-ethyl adjacent to an activating group) is 1. The molecule has 0 bridgehead atoms. The molecule has 0 spiro atoms. The second-order valence-corrected chi connectivity index (χ2v) is 10.6. The van der Waals surface area contributed by atoms with Crippen LogP contribution in [-0.2, 0) is 6.42 Å². The number of hydrogen-bond donors (Lipinski definition) is 3. The maximum absolute atomic E-state index is 15.1. The topological polar surface area (TPSA) is 126 Å². The van der Waals surface area contributed by atoms with Gasteiger partial charge in [0.2, 0.25) is 0 Å². The monoisotopic (exact) mass is 619 g/mol. The van der Waals surface area contributed by atoms with Crippen molar-refractivity contribution in [3.8, 4) is 17.2 Å². The standard InChI is InChI=1S/C31H27F2N5O5S/c1-37(13-14-39)31(42)36-27-18-23(11-12-34-27)43-26-10-7-21(17-25(26)33)35-28(40)24-16-19-4-2-3-15-44-30(19)38(29(24)41)22-8-5-20(32)6-9-22/h3,5-12,15-18,39H,2,4,13-14H2,1H3,(H,35,40)(H,34,36,42). The maximum atomic E-state index is 15.1. The van der Waals surface area contributed by atoms with Gasteiger partial charge in [0.1, 0.15) is 22.9 Å². The van der Waals surface area contributed by atoms with E-state index in [1.165, 1.54) is 83.0 Å². The smallest absolute Gasteiger partial charge is 0.322 e. The lowest BCUT2D eigenvalue weighted by Gasteiger charge is -2.17. The van der Waals surface area contributed by atoms with E-state index in [1.807, 2.05) is 11.5 Å². The summed E-state index contributed by atoms with van der Waals surface area (Å²) in [4.78, 5) is 44.4. The van der Waals surface area contributed by atoms with Crippen LogP contribution in [-0.4, -0.2) is 51.7 Å². The number of aliphatic hydroxyl groups excluding tert-OH is 1. The van der Waals surface area contributed by atoms with Gasteiger partial charge in [-0.05, 0) is 72.3 Å². The number of hydrogen-bond acceptors (Lipinski definition) is 7. The van der Waals surface area contributed by atoms with Crippen molar-refractivity contribution in [2.45, 2.75) is 17.9 Å². The van der Waals surface area contributed by atoms with E-state index in [1.54, 1.807) is 6.07 Å². The van der Waals surface area contributed by atoms with Crippen LogP contribution in [0.2, 0.25) is 0 Å². The molecule has 44 heavy (non-hydrogen) atoms. The van der Waals surface area contributed by atoms with Crippen LogP contribution in [0.5, 0.6) is 11.5 Å². The number of benzene rings is 2. The Bertz CT molecular complexity index is 1800. The van der Waals surface area contributed by atoms with Crippen LogP contribution in [0.1, 0.15) is 22.3 Å². The van der Waals surface area contributed by atoms with Crippen molar-refractivity contribution in [2.24, 2.45) is 0 Å². The number of rotatable bonds is 8. The highest BCUT2D eigenvalue weighted by Crippen LogP contribution is 2.31. The second kappa shape index (κ2) is 13.5. The number of urea groups is 1. The van der Waals surface area contributed by atoms with E-state index in [9.17, 15) is 18.8 Å². The van der Waals surface area contributed by atoms with Crippen LogP contribution in [0, 0.1) is 11.6 Å². The lowest BCUT2D eigenvalue weighted by Crippen LogP contribution is -2.33. The number of fused-ring (bicyclic) bond motifs is 1. The van der Waals surface area contributed by atoms with Gasteiger partial charge in [0.25, 0.3) is 11.5 Å². The third kappa shape index (κ3) is 6.96. The number of thioether (sulfide) groups is 1. The molecule has 226 valence electrons. The Morgan fingerprint density at radius 1 is 1.09 bits per heavy atom. The summed E-state index contributed by atoms with van der Waals surface area (Å²) in [6.45, 7) is -0.0714. The van der Waals surface area contributed by atoms with Crippen LogP contribution in [0.3, 0.4) is 0 Å². The van der Waals surface area contributed by atoms with Gasteiger partial charge in [-0.15, -0.1) is 0 Å². The van der Waals surface area contributed by atoms with Gasteiger partial charge < -0.3 is 20.1 Å². The molecule has 10 nitrogen and oxygen atoms in total. The quantitative estimate of drug-likeness (QED) is 0.236.